The standard InChI is InChI=1S/C21H25N3O2/c25-20(17-6-2-1-3-7-17)23-12-10-16(11-13-23)14-24-15-22-19-9-5-4-8-18(19)21(24)26/h1-2,4-5,8-9,15-17H,3,6-7,10-14H2. The summed E-state index contributed by atoms with van der Waals surface area (Å²) in [5, 5.41) is 0.674. The fraction of sp³-hybridized carbons (Fsp3) is 0.476. The van der Waals surface area contributed by atoms with E-state index in [4.69, 9.17) is 0 Å². The maximum atomic E-state index is 12.6. The maximum Gasteiger partial charge on any atom is 0.261 e. The van der Waals surface area contributed by atoms with Crippen LogP contribution in [0.25, 0.3) is 10.9 Å². The lowest BCUT2D eigenvalue weighted by Gasteiger charge is -2.34. The van der Waals surface area contributed by atoms with Gasteiger partial charge in [-0.2, -0.15) is 0 Å². The summed E-state index contributed by atoms with van der Waals surface area (Å²) in [6, 6.07) is 7.47. The van der Waals surface area contributed by atoms with Gasteiger partial charge in [0.05, 0.1) is 17.2 Å². The number of carbonyl (C=O) groups excluding carboxylic acids is 1. The largest absolute Gasteiger partial charge is 0.342 e. The SMILES string of the molecule is O=C(C1CC=CCC1)N1CCC(Cn2cnc3ccccc3c2=O)CC1. The molecule has 1 aromatic heterocycles. The number of hydrogen-bond donors (Lipinski definition) is 0. The van der Waals surface area contributed by atoms with E-state index in [0.717, 1.165) is 50.7 Å². The van der Waals surface area contributed by atoms with Crippen LogP contribution in [0.4, 0.5) is 0 Å². The number of fused-ring (bicyclic) bond motifs is 1. The highest BCUT2D eigenvalue weighted by Gasteiger charge is 2.28. The normalized spacial score (nSPS) is 21.2. The molecule has 5 nitrogen and oxygen atoms in total. The van der Waals surface area contributed by atoms with E-state index in [-0.39, 0.29) is 11.5 Å². The molecule has 1 aromatic carbocycles. The molecule has 1 aliphatic carbocycles. The molecular weight excluding hydrogens is 326 g/mol. The van der Waals surface area contributed by atoms with Gasteiger partial charge in [0.15, 0.2) is 0 Å². The Morgan fingerprint density at radius 2 is 1.92 bits per heavy atom. The highest BCUT2D eigenvalue weighted by Crippen LogP contribution is 2.25. The number of aromatic nitrogens is 2. The molecule has 0 saturated carbocycles. The Kier molecular flexibility index (Phi) is 4.87. The molecule has 2 aliphatic rings. The van der Waals surface area contributed by atoms with E-state index in [0.29, 0.717) is 23.8 Å². The lowest BCUT2D eigenvalue weighted by Crippen LogP contribution is -2.43. The summed E-state index contributed by atoms with van der Waals surface area (Å²) in [6.45, 7) is 2.30. The van der Waals surface area contributed by atoms with Crippen LogP contribution in [0, 0.1) is 11.8 Å². The zero-order valence-corrected chi connectivity index (χ0v) is 15.0. The van der Waals surface area contributed by atoms with E-state index < -0.39 is 0 Å². The summed E-state index contributed by atoms with van der Waals surface area (Å²) < 4.78 is 1.73. The predicted octanol–water partition coefficient (Wildman–Crippen LogP) is 2.99. The van der Waals surface area contributed by atoms with Gasteiger partial charge in [-0.25, -0.2) is 4.98 Å². The van der Waals surface area contributed by atoms with Crippen LogP contribution in [0.15, 0.2) is 47.5 Å². The third-order valence-corrected chi connectivity index (χ3v) is 5.73. The van der Waals surface area contributed by atoms with Gasteiger partial charge in [0.2, 0.25) is 5.91 Å². The summed E-state index contributed by atoms with van der Waals surface area (Å²) in [4.78, 5) is 31.7. The Morgan fingerprint density at radius 3 is 2.69 bits per heavy atom. The molecule has 0 spiro atoms. The first-order chi connectivity index (χ1) is 12.7. The Morgan fingerprint density at radius 1 is 1.12 bits per heavy atom. The first-order valence-corrected chi connectivity index (χ1v) is 9.60. The molecule has 26 heavy (non-hydrogen) atoms. The third kappa shape index (κ3) is 3.43. The Labute approximate surface area is 153 Å². The number of rotatable bonds is 3. The van der Waals surface area contributed by atoms with Crippen LogP contribution in [0.1, 0.15) is 32.1 Å². The molecular formula is C21H25N3O2. The number of para-hydroxylation sites is 1. The van der Waals surface area contributed by atoms with Crippen LogP contribution >= 0.6 is 0 Å². The van der Waals surface area contributed by atoms with Crippen molar-refractivity contribution in [2.75, 3.05) is 13.1 Å². The van der Waals surface area contributed by atoms with Crippen molar-refractivity contribution in [3.8, 4) is 0 Å². The molecule has 0 bridgehead atoms. The molecule has 136 valence electrons. The third-order valence-electron chi connectivity index (χ3n) is 5.73. The van der Waals surface area contributed by atoms with E-state index in [1.54, 1.807) is 10.9 Å². The van der Waals surface area contributed by atoms with Crippen molar-refractivity contribution in [2.45, 2.75) is 38.6 Å². The van der Waals surface area contributed by atoms with E-state index in [9.17, 15) is 9.59 Å². The molecule has 1 saturated heterocycles. The monoisotopic (exact) mass is 351 g/mol. The Hall–Kier alpha value is -2.43. The van der Waals surface area contributed by atoms with Crippen molar-refractivity contribution < 1.29 is 4.79 Å². The second-order valence-electron chi connectivity index (χ2n) is 7.47. The second kappa shape index (κ2) is 7.44. The molecule has 5 heteroatoms. The van der Waals surface area contributed by atoms with Crippen molar-refractivity contribution in [3.63, 3.8) is 0 Å². The molecule has 4 rings (SSSR count). The van der Waals surface area contributed by atoms with Crippen LogP contribution in [0.2, 0.25) is 0 Å². The quantitative estimate of drug-likeness (QED) is 0.799. The van der Waals surface area contributed by atoms with E-state index in [2.05, 4.69) is 17.1 Å². The van der Waals surface area contributed by atoms with E-state index in [1.807, 2.05) is 29.2 Å². The molecule has 0 N–H and O–H groups in total. The van der Waals surface area contributed by atoms with Gasteiger partial charge < -0.3 is 4.90 Å². The number of nitrogens with zero attached hydrogens (tertiary/aromatic N) is 3. The van der Waals surface area contributed by atoms with Crippen LogP contribution in [0.3, 0.4) is 0 Å². The van der Waals surface area contributed by atoms with Gasteiger partial charge in [0.1, 0.15) is 0 Å². The van der Waals surface area contributed by atoms with Crippen LogP contribution in [-0.4, -0.2) is 33.4 Å². The lowest BCUT2D eigenvalue weighted by atomic mass is 9.91. The van der Waals surface area contributed by atoms with Crippen molar-refractivity contribution in [1.82, 2.24) is 14.5 Å². The van der Waals surface area contributed by atoms with E-state index in [1.165, 1.54) is 0 Å². The fourth-order valence-corrected chi connectivity index (χ4v) is 4.13. The van der Waals surface area contributed by atoms with Crippen molar-refractivity contribution >= 4 is 16.8 Å². The number of benzene rings is 1. The molecule has 0 radical (unpaired) electrons. The average Bonchev–Trinajstić information content (AvgIpc) is 2.71. The van der Waals surface area contributed by atoms with E-state index >= 15 is 0 Å². The minimum Gasteiger partial charge on any atom is -0.342 e. The van der Waals surface area contributed by atoms with Gasteiger partial charge in [-0.15, -0.1) is 0 Å². The van der Waals surface area contributed by atoms with Gasteiger partial charge in [0, 0.05) is 25.6 Å². The van der Waals surface area contributed by atoms with Crippen LogP contribution in [0.5, 0.6) is 0 Å². The maximum absolute atomic E-state index is 12.6. The molecule has 1 aliphatic heterocycles. The second-order valence-corrected chi connectivity index (χ2v) is 7.47. The average molecular weight is 351 g/mol. The van der Waals surface area contributed by atoms with Gasteiger partial charge in [-0.05, 0) is 50.2 Å². The zero-order valence-electron chi connectivity index (χ0n) is 15.0. The van der Waals surface area contributed by atoms with Gasteiger partial charge in [0.25, 0.3) is 5.56 Å². The fourth-order valence-electron chi connectivity index (χ4n) is 4.13. The van der Waals surface area contributed by atoms with Gasteiger partial charge >= 0.3 is 0 Å². The topological polar surface area (TPSA) is 55.2 Å². The number of likely N-dealkylation sites (tertiary alicyclic amines) is 1. The first-order valence-electron chi connectivity index (χ1n) is 9.60. The van der Waals surface area contributed by atoms with Crippen molar-refractivity contribution in [2.24, 2.45) is 11.8 Å². The minimum atomic E-state index is 0.0306. The van der Waals surface area contributed by atoms with Crippen molar-refractivity contribution in [1.29, 1.82) is 0 Å². The minimum absolute atomic E-state index is 0.0306. The Balaban J connectivity index is 1.38. The number of carbonyl (C=O) groups is 1. The Bertz CT molecular complexity index is 878. The van der Waals surface area contributed by atoms with Crippen molar-refractivity contribution in [3.05, 3.63) is 53.1 Å². The lowest BCUT2D eigenvalue weighted by molar-refractivity contribution is -0.137. The first kappa shape index (κ1) is 17.0. The summed E-state index contributed by atoms with van der Waals surface area (Å²) in [5.41, 5.74) is 0.777. The molecule has 1 unspecified atom stereocenters. The molecule has 2 heterocycles. The van der Waals surface area contributed by atoms with Crippen LogP contribution in [-0.2, 0) is 11.3 Å². The molecule has 1 atom stereocenters. The number of hydrogen-bond acceptors (Lipinski definition) is 3. The highest BCUT2D eigenvalue weighted by molar-refractivity contribution is 5.79. The molecule has 1 fully saturated rings. The molecule has 1 amide bonds. The van der Waals surface area contributed by atoms with Gasteiger partial charge in [-0.3, -0.25) is 14.2 Å². The van der Waals surface area contributed by atoms with Gasteiger partial charge in [-0.1, -0.05) is 24.3 Å². The van der Waals surface area contributed by atoms with Crippen LogP contribution < -0.4 is 5.56 Å². The molecule has 2 aromatic rings. The summed E-state index contributed by atoms with van der Waals surface area (Å²) in [6.07, 6.45) is 10.8. The number of allylic oxidation sites excluding steroid dienone is 2. The number of amides is 1. The highest BCUT2D eigenvalue weighted by atomic mass is 16.2. The predicted molar refractivity (Wildman–Crippen MR) is 102 cm³/mol. The number of piperidine rings is 1. The zero-order chi connectivity index (χ0) is 17.9. The summed E-state index contributed by atoms with van der Waals surface area (Å²) in [5.74, 6) is 0.909. The smallest absolute Gasteiger partial charge is 0.261 e. The summed E-state index contributed by atoms with van der Waals surface area (Å²) >= 11 is 0. The summed E-state index contributed by atoms with van der Waals surface area (Å²) in [7, 11) is 0.